The molecule has 15 rings (SSSR count). The maximum absolute atomic E-state index is 13.6. The van der Waals surface area contributed by atoms with Crippen LogP contribution in [0.15, 0.2) is 224 Å². The van der Waals surface area contributed by atoms with Gasteiger partial charge in [-0.2, -0.15) is 13.1 Å². The second-order valence-corrected chi connectivity index (χ2v) is 36.2. The van der Waals surface area contributed by atoms with Crippen LogP contribution in [0, 0.1) is 58.8 Å². The maximum Gasteiger partial charge on any atom is 1.00 e. The van der Waals surface area contributed by atoms with Gasteiger partial charge in [0.2, 0.25) is 5.91 Å². The normalized spacial score (nSPS) is 23.1. The number of aldehydes is 1. The zero-order chi connectivity index (χ0) is 87.7. The Morgan fingerprint density at radius 1 is 0.569 bits per heavy atom. The molecule has 2 amide bonds. The average Bonchev–Trinajstić information content (AvgIpc) is 1.73. The van der Waals surface area contributed by atoms with Gasteiger partial charge < -0.3 is 56.7 Å². The Balaban J connectivity index is 0.000000213. The number of amides is 2. The van der Waals surface area contributed by atoms with E-state index in [9.17, 15) is 68.9 Å². The molecule has 0 saturated heterocycles. The predicted octanol–water partition coefficient (Wildman–Crippen LogP) is 11.5. The van der Waals surface area contributed by atoms with Gasteiger partial charge in [-0.15, -0.1) is 0 Å². The number of nitrogens with one attached hydrogen (secondary N) is 1. The van der Waals surface area contributed by atoms with Gasteiger partial charge in [0, 0.05) is 82.5 Å². The number of rotatable bonds is 18. The van der Waals surface area contributed by atoms with Crippen LogP contribution in [0.3, 0.4) is 0 Å². The molecule has 26 nitrogen and oxygen atoms in total. The van der Waals surface area contributed by atoms with Crippen LogP contribution in [0.2, 0.25) is 0 Å². The number of nitrogens with zero attached hydrogens (tertiary/aromatic N) is 9. The smallest absolute Gasteiger partial charge is 0.512 e. The molecule has 0 bridgehead atoms. The number of para-hydroxylation sites is 3. The Bertz CT molecular complexity index is 5470. The quantitative estimate of drug-likeness (QED) is 0.0179. The number of aliphatic hydroxyl groups is 1. The van der Waals surface area contributed by atoms with Crippen molar-refractivity contribution in [2.75, 3.05) is 46.7 Å². The molecule has 7 aromatic carbocycles. The van der Waals surface area contributed by atoms with E-state index in [1.54, 1.807) is 126 Å². The van der Waals surface area contributed by atoms with Gasteiger partial charge in [-0.25, -0.2) is 45.2 Å². The van der Waals surface area contributed by atoms with Gasteiger partial charge in [-0.05, 0) is 172 Å². The summed E-state index contributed by atoms with van der Waals surface area (Å²) in [6.07, 6.45) is 15.4. The molecule has 11 atom stereocenters. The molecule has 0 spiro atoms. The Morgan fingerprint density at radius 2 is 1.00 bits per heavy atom. The molecular formula is C88H98BF4N11NaO15S3. The van der Waals surface area contributed by atoms with Gasteiger partial charge in [0.05, 0.1) is 113 Å². The van der Waals surface area contributed by atoms with Crippen molar-refractivity contribution in [2.45, 2.75) is 155 Å². The fraction of sp³-hybridized carbons (Fsp3) is 0.375. The van der Waals surface area contributed by atoms with Crippen molar-refractivity contribution >= 4 is 114 Å². The number of methoxy groups -OCH3 is 3. The molecule has 0 aromatic heterocycles. The van der Waals surface area contributed by atoms with Crippen LogP contribution < -0.4 is 40.6 Å². The number of halogens is 4. The third-order valence-electron chi connectivity index (χ3n) is 21.3. The zero-order valence-electron chi connectivity index (χ0n) is 69.7. The van der Waals surface area contributed by atoms with Gasteiger partial charge in [-0.3, -0.25) is 33.6 Å². The molecule has 4 fully saturated rings. The topological polar surface area (TPSA) is 370 Å². The molecule has 123 heavy (non-hydrogen) atoms. The van der Waals surface area contributed by atoms with Crippen molar-refractivity contribution in [3.63, 3.8) is 0 Å². The first kappa shape index (κ1) is 99.7. The summed E-state index contributed by atoms with van der Waals surface area (Å²) >= 11 is 0. The zero-order valence-corrected chi connectivity index (χ0v) is 74.1. The summed E-state index contributed by atoms with van der Waals surface area (Å²) in [4.78, 5) is 102. The number of benzene rings is 7. The molecule has 4 N–H and O–H groups in total. The van der Waals surface area contributed by atoms with Gasteiger partial charge in [0.15, 0.2) is 5.84 Å². The molecule has 4 heterocycles. The maximum atomic E-state index is 13.6. The summed E-state index contributed by atoms with van der Waals surface area (Å²) in [7, 11) is -3.85. The number of nitrogens with two attached hydrogens (primary N) is 1. The van der Waals surface area contributed by atoms with E-state index in [4.69, 9.17) is 31.8 Å². The van der Waals surface area contributed by atoms with Gasteiger partial charge in [-0.1, -0.05) is 98.5 Å². The summed E-state index contributed by atoms with van der Waals surface area (Å²) in [5.74, 6) is -3.22. The number of fused-ring (bicyclic) bond motifs is 4. The molecule has 3 radical (unpaired) electrons. The number of esters is 4. The number of carbonyl (C=O) groups excluding carboxylic acids is 7. The second-order valence-electron chi connectivity index (χ2n) is 29.5. The molecule has 4 aliphatic heterocycles. The summed E-state index contributed by atoms with van der Waals surface area (Å²) in [5.41, 5.74) is 10.4. The number of carbonyl (C=O) groups is 7. The average molecular weight is 1760 g/mol. The van der Waals surface area contributed by atoms with Crippen LogP contribution >= 0.6 is 0 Å². The van der Waals surface area contributed by atoms with Crippen LogP contribution in [0.4, 0.5) is 34.6 Å². The SMILES string of the molecule is CCOC(=O)CC1=Nc2ccccc2S(C)(=O)=N1.COC(=O)[C@@H]1CCC[C@@H]1N.COC(=O)[C@@H]1CCC[C@@H]1N(Cc1ccc(F)cc1)C(=O)CC1=Nc2ccccc2S(C)(=O)=N1.COC(=O)[C@@H]1CCC[C@@H]1NCc1ccc(F)cc1.CS1(=O)=NC(C2=C(O)[C@@H]3CCC[C@@H]3N(Cc3ccc(F)cc3)C2=O)=Nc2ccccc21.O=Cc1ccc(F)cc1.[B].[C-]#N.[Na+]. The molecule has 4 saturated carbocycles. The third-order valence-corrected chi connectivity index (χ3v) is 26.4. The van der Waals surface area contributed by atoms with E-state index in [1.165, 1.54) is 94.5 Å². The summed E-state index contributed by atoms with van der Waals surface area (Å²) < 4.78 is 122. The van der Waals surface area contributed by atoms with Crippen LogP contribution in [0.5, 0.6) is 0 Å². The Morgan fingerprint density at radius 3 is 1.50 bits per heavy atom. The molecule has 3 unspecified atom stereocenters. The number of hydrogen-bond donors (Lipinski definition) is 3. The summed E-state index contributed by atoms with van der Waals surface area (Å²) in [6, 6.07) is 44.6. The van der Waals surface area contributed by atoms with Crippen molar-refractivity contribution in [3.8, 4) is 0 Å². The van der Waals surface area contributed by atoms with Gasteiger partial charge in [0.25, 0.3) is 5.91 Å². The fourth-order valence-corrected chi connectivity index (χ4v) is 19.7. The van der Waals surface area contributed by atoms with Crippen molar-refractivity contribution in [3.05, 3.63) is 233 Å². The minimum atomic E-state index is -2.80. The van der Waals surface area contributed by atoms with Gasteiger partial charge >= 0.3 is 53.4 Å². The van der Waals surface area contributed by atoms with Gasteiger partial charge in [0.1, 0.15) is 59.0 Å². The predicted molar refractivity (Wildman–Crippen MR) is 455 cm³/mol. The Hall–Kier alpha value is -10.4. The largest absolute Gasteiger partial charge is 1.00 e. The first-order valence-electron chi connectivity index (χ1n) is 39.2. The molecule has 7 aromatic rings. The minimum absolute atomic E-state index is 0. The molecule has 35 heteroatoms. The number of ether oxygens (including phenoxy) is 4. The van der Waals surface area contributed by atoms with E-state index in [0.717, 1.165) is 80.9 Å². The van der Waals surface area contributed by atoms with E-state index in [-0.39, 0.29) is 181 Å². The molecule has 4 aliphatic carbocycles. The monoisotopic (exact) mass is 1750 g/mol. The molecular weight excluding hydrogens is 1660 g/mol. The minimum Gasteiger partial charge on any atom is -0.512 e. The second kappa shape index (κ2) is 46.9. The molecule has 645 valence electrons. The van der Waals surface area contributed by atoms with Crippen LogP contribution in [0.1, 0.15) is 124 Å². The molecule has 8 aliphatic rings. The Labute approximate surface area is 739 Å². The van der Waals surface area contributed by atoms with E-state index in [2.05, 4.69) is 38.1 Å². The first-order chi connectivity index (χ1) is 57.9. The summed E-state index contributed by atoms with van der Waals surface area (Å²) in [5, 5.41) is 20.7. The van der Waals surface area contributed by atoms with E-state index in [0.29, 0.717) is 76.1 Å². The standard InChI is InChI=1S/C24H26FN3O4S.C23H22FN3O3S.C14H18FNO2.C12H14N2O3S.C7H5FO.C7H13NO2.CN.B.Na/c1-32-24(30)18-6-5-8-20(18)28(15-16-10-12-17(25)13-11-16)23(29)14-22-26-19-7-3-4-9-21(19)33(2,31)27-22;1-31(30)19-8-3-2-6-17(19)25-22(26-31)20-21(28)16-5-4-7-18(16)27(23(20)29)13-14-9-11-15(24)12-10-14;1-18-14(17)12-3-2-4-13(12)16-9-10-5-7-11(15)8-6-10;1-3-17-12(15)8-11-13-9-6-4-5-7-10(9)18(2,16)14-11;8-7-3-1-6(5-9)2-4-7;1-10-7(9)5-3-2-4-6(5)8;1-2;;/h3-4,7,9-13,18,20H,5-6,8,14-15H2,1-2H3;2-3,6,8-12,16,18,28H,4-5,7,13H2,1H3;5-8,12-13,16H,2-4,9H2,1H3;4-7H,3,8H2,1-2H3;1-5H;5-6H,2-4,8H2,1H3;;;/q;;;;;;-1;;+1/t18-,20+,33?;16-,18+,31?;12-,13+;;;5-,6+;;;/m111..1.../s1. The van der Waals surface area contributed by atoms with Crippen LogP contribution in [-0.2, 0) is 96.5 Å². The number of hydrogen-bond acceptors (Lipinski definition) is 24. The van der Waals surface area contributed by atoms with E-state index >= 15 is 0 Å². The number of amidine groups is 3. The van der Waals surface area contributed by atoms with Crippen molar-refractivity contribution < 1.29 is 117 Å². The number of aliphatic hydroxyl groups excluding tert-OH is 1. The van der Waals surface area contributed by atoms with Crippen molar-refractivity contribution in [1.82, 2.24) is 15.1 Å². The number of aliphatic imine (C=N–C) groups is 3. The van der Waals surface area contributed by atoms with Crippen LogP contribution in [0.25, 0.3) is 0 Å². The third kappa shape index (κ3) is 26.8. The first-order valence-corrected chi connectivity index (χ1v) is 45.0. The van der Waals surface area contributed by atoms with E-state index in [1.807, 2.05) is 6.07 Å². The van der Waals surface area contributed by atoms with E-state index < -0.39 is 41.1 Å². The fourth-order valence-electron chi connectivity index (χ4n) is 15.4. The van der Waals surface area contributed by atoms with Crippen molar-refractivity contribution in [2.24, 2.45) is 57.5 Å². The van der Waals surface area contributed by atoms with Crippen molar-refractivity contribution in [1.29, 1.82) is 5.26 Å². The summed E-state index contributed by atoms with van der Waals surface area (Å²) in [6.45, 7) is 7.95. The van der Waals surface area contributed by atoms with Crippen LogP contribution in [-0.4, -0.2) is 166 Å². The Kier molecular flexibility index (Phi) is 38.0.